The molecular formula is C44H31NO2S. The summed E-state index contributed by atoms with van der Waals surface area (Å²) in [5, 5.41) is 2.36. The summed E-state index contributed by atoms with van der Waals surface area (Å²) in [5.41, 5.74) is 13.5. The van der Waals surface area contributed by atoms with E-state index in [-0.39, 0.29) is 11.5 Å². The maximum absolute atomic E-state index is 13.6. The fourth-order valence-corrected chi connectivity index (χ4v) is 8.89. The van der Waals surface area contributed by atoms with Gasteiger partial charge in [0.25, 0.3) is 0 Å². The monoisotopic (exact) mass is 637 g/mol. The van der Waals surface area contributed by atoms with E-state index < -0.39 is 9.84 Å². The Bertz CT molecular complexity index is 2510. The summed E-state index contributed by atoms with van der Waals surface area (Å²) in [7, 11) is -3.39. The summed E-state index contributed by atoms with van der Waals surface area (Å²) >= 11 is 0. The van der Waals surface area contributed by atoms with Crippen LogP contribution in [0, 0.1) is 0 Å². The highest BCUT2D eigenvalue weighted by Gasteiger charge is 2.25. The van der Waals surface area contributed by atoms with Gasteiger partial charge in [-0.05, 0) is 104 Å². The van der Waals surface area contributed by atoms with Gasteiger partial charge in [-0.3, -0.25) is 0 Å². The van der Waals surface area contributed by atoms with E-state index in [0.29, 0.717) is 0 Å². The van der Waals surface area contributed by atoms with Crippen LogP contribution in [0.15, 0.2) is 164 Å². The third-order valence-electron chi connectivity index (χ3n) is 9.56. The summed E-state index contributed by atoms with van der Waals surface area (Å²) in [6, 6.07) is 57.0. The van der Waals surface area contributed by atoms with E-state index in [1.807, 2.05) is 18.2 Å². The molecule has 0 radical (unpaired) electrons. The van der Waals surface area contributed by atoms with E-state index in [0.717, 1.165) is 72.4 Å². The number of sulfone groups is 1. The molecule has 4 heteroatoms. The van der Waals surface area contributed by atoms with Gasteiger partial charge in [-0.1, -0.05) is 115 Å². The molecule has 230 valence electrons. The first-order chi connectivity index (χ1) is 23.5. The van der Waals surface area contributed by atoms with Crippen LogP contribution in [-0.4, -0.2) is 13.0 Å². The minimum atomic E-state index is -3.39. The van der Waals surface area contributed by atoms with Crippen LogP contribution in [0.4, 0.5) is 0 Å². The molecule has 0 fully saturated rings. The average Bonchev–Trinajstić information content (AvgIpc) is 3.40. The molecule has 0 aliphatic carbocycles. The Balaban J connectivity index is 1.22. The number of para-hydroxylation sites is 2. The molecule has 1 aliphatic heterocycles. The van der Waals surface area contributed by atoms with Crippen LogP contribution in [0.3, 0.4) is 0 Å². The van der Waals surface area contributed by atoms with Crippen molar-refractivity contribution in [3.8, 4) is 50.2 Å². The Labute approximate surface area is 280 Å². The lowest BCUT2D eigenvalue weighted by Gasteiger charge is -2.15. The molecule has 0 saturated heterocycles. The highest BCUT2D eigenvalue weighted by molar-refractivity contribution is 7.89. The van der Waals surface area contributed by atoms with Crippen molar-refractivity contribution < 1.29 is 8.42 Å². The Morgan fingerprint density at radius 2 is 0.917 bits per heavy atom. The number of hydrogen-bond acceptors (Lipinski definition) is 2. The smallest absolute Gasteiger partial charge is 0.158 e. The molecule has 0 amide bonds. The fourth-order valence-electron chi connectivity index (χ4n) is 7.35. The SMILES string of the molecule is O=S1(=O)Cc2cc(-n3c4ccccc4c4ccccc43)ccc2-c2cc(-c3cc(-c4ccccc4)cc(-c4ccccc4)c3)ccc2C1. The van der Waals surface area contributed by atoms with Gasteiger partial charge in [-0.25, -0.2) is 8.42 Å². The van der Waals surface area contributed by atoms with E-state index in [1.165, 1.54) is 10.8 Å². The number of hydrogen-bond donors (Lipinski definition) is 0. The molecule has 1 aromatic heterocycles. The molecule has 7 aromatic carbocycles. The van der Waals surface area contributed by atoms with Crippen molar-refractivity contribution in [2.45, 2.75) is 11.5 Å². The van der Waals surface area contributed by atoms with Crippen LogP contribution in [0.5, 0.6) is 0 Å². The second-order valence-corrected chi connectivity index (χ2v) is 14.7. The van der Waals surface area contributed by atoms with E-state index >= 15 is 0 Å². The highest BCUT2D eigenvalue weighted by atomic mass is 32.2. The maximum atomic E-state index is 13.6. The molecule has 0 N–H and O–H groups in total. The number of aromatic nitrogens is 1. The van der Waals surface area contributed by atoms with Gasteiger partial charge in [0.15, 0.2) is 9.84 Å². The minimum absolute atomic E-state index is 0.00102. The van der Waals surface area contributed by atoms with E-state index in [9.17, 15) is 8.42 Å². The van der Waals surface area contributed by atoms with Crippen LogP contribution >= 0.6 is 0 Å². The molecule has 0 saturated carbocycles. The normalized spacial score (nSPS) is 13.6. The lowest BCUT2D eigenvalue weighted by molar-refractivity contribution is 0.595. The second-order valence-electron chi connectivity index (χ2n) is 12.6. The molecule has 0 atom stereocenters. The van der Waals surface area contributed by atoms with Gasteiger partial charge < -0.3 is 4.57 Å². The zero-order chi connectivity index (χ0) is 32.2. The van der Waals surface area contributed by atoms with Gasteiger partial charge in [0.05, 0.1) is 22.5 Å². The van der Waals surface area contributed by atoms with E-state index in [4.69, 9.17) is 0 Å². The van der Waals surface area contributed by atoms with Crippen LogP contribution in [0.25, 0.3) is 72.0 Å². The van der Waals surface area contributed by atoms with Crippen LogP contribution in [0.2, 0.25) is 0 Å². The first-order valence-corrected chi connectivity index (χ1v) is 18.0. The molecule has 0 spiro atoms. The summed E-state index contributed by atoms with van der Waals surface area (Å²) in [6.07, 6.45) is 0. The van der Waals surface area contributed by atoms with Gasteiger partial charge in [-0.15, -0.1) is 0 Å². The number of rotatable bonds is 4. The summed E-state index contributed by atoms with van der Waals surface area (Å²) in [6.45, 7) is 0. The summed E-state index contributed by atoms with van der Waals surface area (Å²) < 4.78 is 29.4. The van der Waals surface area contributed by atoms with Crippen molar-refractivity contribution in [3.05, 3.63) is 175 Å². The van der Waals surface area contributed by atoms with Crippen molar-refractivity contribution in [2.24, 2.45) is 0 Å². The third kappa shape index (κ3) is 4.93. The van der Waals surface area contributed by atoms with Crippen molar-refractivity contribution in [2.75, 3.05) is 0 Å². The molecule has 8 aromatic rings. The second kappa shape index (κ2) is 11.2. The molecule has 0 unspecified atom stereocenters. The summed E-state index contributed by atoms with van der Waals surface area (Å²) in [5.74, 6) is 0.0142. The van der Waals surface area contributed by atoms with Crippen molar-refractivity contribution in [1.29, 1.82) is 0 Å². The van der Waals surface area contributed by atoms with Crippen molar-refractivity contribution >= 4 is 31.6 Å². The third-order valence-corrected chi connectivity index (χ3v) is 11.1. The first-order valence-electron chi connectivity index (χ1n) is 16.2. The van der Waals surface area contributed by atoms with Crippen LogP contribution in [0.1, 0.15) is 11.1 Å². The Hall–Kier alpha value is -5.71. The highest BCUT2D eigenvalue weighted by Crippen LogP contribution is 2.40. The van der Waals surface area contributed by atoms with E-state index in [1.54, 1.807) is 0 Å². The van der Waals surface area contributed by atoms with Gasteiger partial charge in [0.1, 0.15) is 0 Å². The standard InChI is InChI=1S/C44H31NO2S/c46-48(47)28-33-20-19-32(36-24-34(30-11-3-1-4-12-30)23-35(25-36)31-13-5-2-6-14-31)27-42(33)39-22-21-38(26-37(39)29-48)45-43-17-9-7-15-40(43)41-16-8-10-18-44(41)45/h1-27H,28-29H2. The van der Waals surface area contributed by atoms with E-state index in [2.05, 4.69) is 150 Å². The van der Waals surface area contributed by atoms with Gasteiger partial charge in [-0.2, -0.15) is 0 Å². The fraction of sp³-hybridized carbons (Fsp3) is 0.0455. The topological polar surface area (TPSA) is 39.1 Å². The van der Waals surface area contributed by atoms with Crippen molar-refractivity contribution in [1.82, 2.24) is 4.57 Å². The lowest BCUT2D eigenvalue weighted by Crippen LogP contribution is -2.06. The predicted molar refractivity (Wildman–Crippen MR) is 199 cm³/mol. The zero-order valence-corrected chi connectivity index (χ0v) is 27.0. The number of benzene rings is 7. The van der Waals surface area contributed by atoms with Crippen LogP contribution < -0.4 is 0 Å². The van der Waals surface area contributed by atoms with Gasteiger partial charge >= 0.3 is 0 Å². The number of fused-ring (bicyclic) bond motifs is 6. The largest absolute Gasteiger partial charge is 0.309 e. The zero-order valence-electron chi connectivity index (χ0n) is 26.2. The quantitative estimate of drug-likeness (QED) is 0.193. The maximum Gasteiger partial charge on any atom is 0.158 e. The molecule has 0 bridgehead atoms. The summed E-state index contributed by atoms with van der Waals surface area (Å²) in [4.78, 5) is 0. The average molecular weight is 638 g/mol. The first kappa shape index (κ1) is 28.5. The van der Waals surface area contributed by atoms with Gasteiger partial charge in [0.2, 0.25) is 0 Å². The Morgan fingerprint density at radius 3 is 1.52 bits per heavy atom. The molecule has 9 rings (SSSR count). The molecule has 1 aliphatic rings. The molecule has 3 nitrogen and oxygen atoms in total. The molecule has 2 heterocycles. The lowest BCUT2D eigenvalue weighted by atomic mass is 9.90. The van der Waals surface area contributed by atoms with Crippen molar-refractivity contribution in [3.63, 3.8) is 0 Å². The van der Waals surface area contributed by atoms with Gasteiger partial charge in [0, 0.05) is 16.5 Å². The minimum Gasteiger partial charge on any atom is -0.309 e. The molecule has 48 heavy (non-hydrogen) atoms. The number of nitrogens with zero attached hydrogens (tertiary/aromatic N) is 1. The van der Waals surface area contributed by atoms with Crippen LogP contribution in [-0.2, 0) is 21.3 Å². The Kier molecular flexibility index (Phi) is 6.66. The Morgan fingerprint density at radius 1 is 0.396 bits per heavy atom. The molecular weight excluding hydrogens is 607 g/mol. The predicted octanol–water partition coefficient (Wildman–Crippen LogP) is 10.9.